The smallest absolute Gasteiger partial charge is 0.203 e. The Morgan fingerprint density at radius 1 is 1.07 bits per heavy atom. The molecule has 0 spiro atoms. The number of benzene rings is 2. The van der Waals surface area contributed by atoms with Gasteiger partial charge in [-0.05, 0) is 73.5 Å². The Labute approximate surface area is 170 Å². The van der Waals surface area contributed by atoms with Crippen LogP contribution in [0.15, 0.2) is 58.1 Å². The Bertz CT molecular complexity index is 1140. The fourth-order valence-electron chi connectivity index (χ4n) is 4.01. The average molecular weight is 385 g/mol. The van der Waals surface area contributed by atoms with Gasteiger partial charge in [-0.1, -0.05) is 29.4 Å². The minimum absolute atomic E-state index is 0.623. The number of hydrogen-bond acceptors (Lipinski definition) is 2. The minimum Gasteiger partial charge on any atom is -0.456 e. The van der Waals surface area contributed by atoms with Crippen LogP contribution in [0.1, 0.15) is 43.6 Å². The molecular weight excluding hydrogens is 360 g/mol. The van der Waals surface area contributed by atoms with E-state index in [1.165, 1.54) is 16.5 Å². The predicted octanol–water partition coefficient (Wildman–Crippen LogP) is 6.02. The molecule has 0 saturated heterocycles. The quantitative estimate of drug-likeness (QED) is 0.234. The molecule has 1 heterocycles. The van der Waals surface area contributed by atoms with Crippen LogP contribution in [0, 0.1) is 0 Å². The molecule has 29 heavy (non-hydrogen) atoms. The highest BCUT2D eigenvalue weighted by molar-refractivity contribution is 5.82. The van der Waals surface area contributed by atoms with E-state index in [0.717, 1.165) is 55.0 Å². The van der Waals surface area contributed by atoms with Crippen LogP contribution < -0.4 is 9.93 Å². The molecule has 0 fully saturated rings. The summed E-state index contributed by atoms with van der Waals surface area (Å²) in [6.45, 7) is 6.30. The normalized spacial score (nSPS) is 14.5. The standard InChI is InChI=1S/C24H25N4O/c1-3-28(4-2)22-13-10-18-15-20-7-5-6-19(24(20)29-23(18)16-22)14-17-8-11-21(12-9-17)26-27-25/h8-16H,3-7H2,1-2H3/q+1/b19-14-. The van der Waals surface area contributed by atoms with E-state index in [9.17, 15) is 0 Å². The van der Waals surface area contributed by atoms with Crippen molar-refractivity contribution in [3.63, 3.8) is 0 Å². The van der Waals surface area contributed by atoms with Crippen LogP contribution in [0.4, 0.5) is 5.69 Å². The van der Waals surface area contributed by atoms with Gasteiger partial charge in [-0.3, -0.25) is 0 Å². The van der Waals surface area contributed by atoms with Gasteiger partial charge in [0.2, 0.25) is 5.36 Å². The van der Waals surface area contributed by atoms with Gasteiger partial charge in [-0.2, -0.15) is 0 Å². The van der Waals surface area contributed by atoms with Gasteiger partial charge in [-0.25, -0.2) is 4.58 Å². The zero-order chi connectivity index (χ0) is 20.2. The van der Waals surface area contributed by atoms with Crippen LogP contribution in [-0.2, 0) is 6.42 Å². The highest BCUT2D eigenvalue weighted by Crippen LogP contribution is 2.36. The van der Waals surface area contributed by atoms with E-state index in [2.05, 4.69) is 58.8 Å². The zero-order valence-electron chi connectivity index (χ0n) is 16.9. The second-order valence-corrected chi connectivity index (χ2v) is 7.30. The largest absolute Gasteiger partial charge is 0.456 e. The van der Waals surface area contributed by atoms with Crippen LogP contribution in [0.3, 0.4) is 0 Å². The minimum atomic E-state index is 0.623. The molecule has 2 aliphatic carbocycles. The Morgan fingerprint density at radius 3 is 2.59 bits per heavy atom. The summed E-state index contributed by atoms with van der Waals surface area (Å²) in [4.78, 5) is 2.83. The molecule has 0 atom stereocenters. The molecule has 0 bridgehead atoms. The lowest BCUT2D eigenvalue weighted by molar-refractivity contribution is 0.525. The lowest BCUT2D eigenvalue weighted by Gasteiger charge is -2.20. The van der Waals surface area contributed by atoms with Crippen LogP contribution in [0.5, 0.6) is 0 Å². The summed E-state index contributed by atoms with van der Waals surface area (Å²) in [5, 5.41) is 4.83. The SMILES string of the molecule is CC[N+](CC)=c1ccc2cc3c(oc-2c1)/C(=C\c1ccc(N=[N+]=[N-])cc1)CCC3. The second kappa shape index (κ2) is 8.38. The third-order valence-corrected chi connectivity index (χ3v) is 5.54. The van der Waals surface area contributed by atoms with Crippen LogP contribution >= 0.6 is 0 Å². The summed E-state index contributed by atoms with van der Waals surface area (Å²) in [5.41, 5.74) is 13.9. The van der Waals surface area contributed by atoms with Crippen molar-refractivity contribution in [2.75, 3.05) is 13.1 Å². The van der Waals surface area contributed by atoms with Crippen molar-refractivity contribution >= 4 is 17.3 Å². The number of fused-ring (bicyclic) bond motifs is 2. The number of allylic oxidation sites excluding steroid dienone is 1. The van der Waals surface area contributed by atoms with E-state index in [1.54, 1.807) is 0 Å². The summed E-state index contributed by atoms with van der Waals surface area (Å²) < 4.78 is 8.78. The summed E-state index contributed by atoms with van der Waals surface area (Å²) in [7, 11) is 0. The molecule has 1 aromatic carbocycles. The first-order valence-electron chi connectivity index (χ1n) is 10.2. The van der Waals surface area contributed by atoms with Crippen molar-refractivity contribution in [3.05, 3.63) is 81.2 Å². The van der Waals surface area contributed by atoms with Gasteiger partial charge in [0.05, 0.1) is 6.07 Å². The molecule has 0 aromatic heterocycles. The number of aryl methyl sites for hydroxylation is 1. The fraction of sp³-hybridized carbons (Fsp3) is 0.292. The van der Waals surface area contributed by atoms with Gasteiger partial charge in [0.15, 0.2) is 0 Å². The number of hydrogen-bond donors (Lipinski definition) is 0. The lowest BCUT2D eigenvalue weighted by atomic mass is 9.90. The van der Waals surface area contributed by atoms with Gasteiger partial charge in [0.1, 0.15) is 24.6 Å². The molecule has 5 nitrogen and oxygen atoms in total. The van der Waals surface area contributed by atoms with E-state index in [-0.39, 0.29) is 0 Å². The fourth-order valence-corrected chi connectivity index (χ4v) is 4.01. The van der Waals surface area contributed by atoms with E-state index >= 15 is 0 Å². The summed E-state index contributed by atoms with van der Waals surface area (Å²) >= 11 is 0. The monoisotopic (exact) mass is 385 g/mol. The zero-order valence-corrected chi connectivity index (χ0v) is 16.9. The third-order valence-electron chi connectivity index (χ3n) is 5.54. The summed E-state index contributed by atoms with van der Waals surface area (Å²) in [5.74, 6) is 1.93. The Balaban J connectivity index is 1.80. The molecule has 0 N–H and O–H groups in total. The molecular formula is C24H25N4O+. The first kappa shape index (κ1) is 19.0. The predicted molar refractivity (Wildman–Crippen MR) is 118 cm³/mol. The molecule has 0 saturated carbocycles. The molecule has 0 amide bonds. The molecule has 3 aliphatic rings. The van der Waals surface area contributed by atoms with Gasteiger partial charge >= 0.3 is 0 Å². The van der Waals surface area contributed by atoms with Gasteiger partial charge in [-0.15, -0.1) is 0 Å². The molecule has 5 heteroatoms. The maximum atomic E-state index is 8.56. The average Bonchev–Trinajstić information content (AvgIpc) is 2.75. The summed E-state index contributed by atoms with van der Waals surface area (Å²) in [6.07, 6.45) is 5.34. The van der Waals surface area contributed by atoms with E-state index in [1.807, 2.05) is 24.3 Å². The van der Waals surface area contributed by atoms with Crippen molar-refractivity contribution in [2.24, 2.45) is 5.11 Å². The van der Waals surface area contributed by atoms with Crippen LogP contribution in [-0.4, -0.2) is 13.1 Å². The summed E-state index contributed by atoms with van der Waals surface area (Å²) in [6, 6.07) is 16.4. The topological polar surface area (TPSA) is 64.9 Å². The van der Waals surface area contributed by atoms with Crippen LogP contribution in [0.2, 0.25) is 0 Å². The number of rotatable bonds is 4. The van der Waals surface area contributed by atoms with Crippen molar-refractivity contribution in [1.29, 1.82) is 0 Å². The van der Waals surface area contributed by atoms with E-state index in [0.29, 0.717) is 5.69 Å². The van der Waals surface area contributed by atoms with Gasteiger partial charge < -0.3 is 4.42 Å². The molecule has 146 valence electrons. The highest BCUT2D eigenvalue weighted by atomic mass is 16.3. The van der Waals surface area contributed by atoms with Crippen LogP contribution in [0.25, 0.3) is 33.4 Å². The Kier molecular flexibility index (Phi) is 5.50. The molecule has 4 rings (SSSR count). The maximum absolute atomic E-state index is 8.56. The highest BCUT2D eigenvalue weighted by Gasteiger charge is 2.20. The second-order valence-electron chi connectivity index (χ2n) is 7.30. The first-order chi connectivity index (χ1) is 14.2. The van der Waals surface area contributed by atoms with Crippen molar-refractivity contribution in [3.8, 4) is 11.3 Å². The Hall–Kier alpha value is -3.30. The molecule has 0 unspecified atom stereocenters. The molecule has 1 aromatic rings. The molecule has 0 radical (unpaired) electrons. The number of azide groups is 1. The molecule has 1 aliphatic heterocycles. The lowest BCUT2D eigenvalue weighted by Crippen LogP contribution is -2.29. The van der Waals surface area contributed by atoms with Crippen molar-refractivity contribution in [1.82, 2.24) is 4.58 Å². The van der Waals surface area contributed by atoms with Crippen molar-refractivity contribution < 1.29 is 4.42 Å². The van der Waals surface area contributed by atoms with Crippen molar-refractivity contribution in [2.45, 2.75) is 33.1 Å². The number of nitrogens with zero attached hydrogens (tertiary/aromatic N) is 4. The third kappa shape index (κ3) is 3.96. The van der Waals surface area contributed by atoms with Gasteiger partial charge in [0, 0.05) is 22.2 Å². The van der Waals surface area contributed by atoms with E-state index < -0.39 is 0 Å². The van der Waals surface area contributed by atoms with E-state index in [4.69, 9.17) is 9.95 Å². The maximum Gasteiger partial charge on any atom is 0.203 e. The Morgan fingerprint density at radius 2 is 1.86 bits per heavy atom. The van der Waals surface area contributed by atoms with Gasteiger partial charge in [0.25, 0.3) is 0 Å². The first-order valence-corrected chi connectivity index (χ1v) is 10.2.